The Morgan fingerprint density at radius 1 is 0.867 bits per heavy atom. The fourth-order valence-corrected chi connectivity index (χ4v) is 3.02. The maximum atomic E-state index is 13.4. The van der Waals surface area contributed by atoms with E-state index in [1.807, 2.05) is 0 Å². The van der Waals surface area contributed by atoms with E-state index in [0.717, 1.165) is 6.92 Å². The standard InChI is InChI=1S/C9H9ClF4Si/c1-4-5(11)7(13)9(15(2,3)10)8(14)6(4)12/h1-3H3. The molecule has 0 aliphatic heterocycles. The Kier molecular flexibility index (Phi) is 3.16. The quantitative estimate of drug-likeness (QED) is 0.313. The second-order valence-electron chi connectivity index (χ2n) is 3.73. The minimum atomic E-state index is -2.97. The van der Waals surface area contributed by atoms with Gasteiger partial charge in [0.2, 0.25) is 0 Å². The van der Waals surface area contributed by atoms with Crippen LogP contribution in [-0.2, 0) is 0 Å². The molecule has 0 fully saturated rings. The van der Waals surface area contributed by atoms with E-state index in [-0.39, 0.29) is 0 Å². The number of hydrogen-bond acceptors (Lipinski definition) is 0. The summed E-state index contributed by atoms with van der Waals surface area (Å²) >= 11 is 5.79. The Labute approximate surface area is 90.6 Å². The Hall–Kier alpha value is -0.553. The highest BCUT2D eigenvalue weighted by molar-refractivity contribution is 7.26. The third-order valence-corrected chi connectivity index (χ3v) is 4.27. The van der Waals surface area contributed by atoms with E-state index in [4.69, 9.17) is 11.1 Å². The molecule has 0 saturated carbocycles. The molecule has 15 heavy (non-hydrogen) atoms. The first-order valence-corrected chi connectivity index (χ1v) is 8.21. The van der Waals surface area contributed by atoms with Crippen molar-refractivity contribution in [3.05, 3.63) is 28.8 Å². The first kappa shape index (κ1) is 12.5. The van der Waals surface area contributed by atoms with E-state index in [1.54, 1.807) is 0 Å². The lowest BCUT2D eigenvalue weighted by Crippen LogP contribution is -2.42. The van der Waals surface area contributed by atoms with Gasteiger partial charge in [-0.25, -0.2) is 17.6 Å². The van der Waals surface area contributed by atoms with Crippen LogP contribution in [0.15, 0.2) is 0 Å². The Bertz CT molecular complexity index is 383. The zero-order chi connectivity index (χ0) is 12.0. The van der Waals surface area contributed by atoms with Gasteiger partial charge < -0.3 is 0 Å². The van der Waals surface area contributed by atoms with Gasteiger partial charge in [-0.05, 0) is 6.92 Å². The van der Waals surface area contributed by atoms with Crippen LogP contribution in [0.1, 0.15) is 5.56 Å². The maximum absolute atomic E-state index is 13.4. The zero-order valence-corrected chi connectivity index (χ0v) is 10.1. The predicted molar refractivity (Wildman–Crippen MR) is 54.0 cm³/mol. The monoisotopic (exact) mass is 256 g/mol. The molecular weight excluding hydrogens is 248 g/mol. The van der Waals surface area contributed by atoms with Gasteiger partial charge >= 0.3 is 0 Å². The van der Waals surface area contributed by atoms with Gasteiger partial charge in [0.05, 0.1) is 0 Å². The van der Waals surface area contributed by atoms with Gasteiger partial charge in [0, 0.05) is 10.8 Å². The zero-order valence-electron chi connectivity index (χ0n) is 8.39. The maximum Gasteiger partial charge on any atom is 0.188 e. The SMILES string of the molecule is Cc1c(F)c(F)c([Si](C)(C)Cl)c(F)c1F. The molecule has 84 valence electrons. The van der Waals surface area contributed by atoms with Crippen LogP contribution in [-0.4, -0.2) is 7.38 Å². The van der Waals surface area contributed by atoms with Crippen molar-refractivity contribution < 1.29 is 17.6 Å². The lowest BCUT2D eigenvalue weighted by atomic mass is 10.2. The summed E-state index contributed by atoms with van der Waals surface area (Å²) in [5, 5.41) is -0.648. The average molecular weight is 257 g/mol. The van der Waals surface area contributed by atoms with Gasteiger partial charge in [0.15, 0.2) is 30.7 Å². The van der Waals surface area contributed by atoms with Crippen LogP contribution in [0.3, 0.4) is 0 Å². The van der Waals surface area contributed by atoms with E-state index >= 15 is 0 Å². The van der Waals surface area contributed by atoms with Gasteiger partial charge in [-0.2, -0.15) is 11.1 Å². The van der Waals surface area contributed by atoms with Gasteiger partial charge in [0.25, 0.3) is 0 Å². The van der Waals surface area contributed by atoms with Gasteiger partial charge in [-0.15, -0.1) is 0 Å². The first-order valence-electron chi connectivity index (χ1n) is 4.19. The van der Waals surface area contributed by atoms with Crippen molar-refractivity contribution in [1.82, 2.24) is 0 Å². The van der Waals surface area contributed by atoms with Crippen LogP contribution < -0.4 is 5.19 Å². The number of benzene rings is 1. The molecule has 0 aliphatic rings. The third kappa shape index (κ3) is 2.03. The molecule has 0 atom stereocenters. The van der Waals surface area contributed by atoms with Crippen LogP contribution in [0.25, 0.3) is 0 Å². The molecule has 0 saturated heterocycles. The highest BCUT2D eigenvalue weighted by Gasteiger charge is 2.33. The summed E-state index contributed by atoms with van der Waals surface area (Å²) in [7, 11) is -2.97. The first-order chi connectivity index (χ1) is 6.68. The number of halogens is 5. The molecule has 1 aromatic rings. The molecule has 0 aliphatic carbocycles. The summed E-state index contributed by atoms with van der Waals surface area (Å²) in [6.45, 7) is 3.76. The molecular formula is C9H9ClF4Si. The highest BCUT2D eigenvalue weighted by Crippen LogP contribution is 2.21. The minimum absolute atomic E-state index is 0.648. The van der Waals surface area contributed by atoms with Gasteiger partial charge in [-0.3, -0.25) is 0 Å². The lowest BCUT2D eigenvalue weighted by Gasteiger charge is -2.17. The molecule has 0 nitrogen and oxygen atoms in total. The summed E-state index contributed by atoms with van der Waals surface area (Å²) in [4.78, 5) is 0. The van der Waals surface area contributed by atoms with Crippen molar-refractivity contribution in [3.63, 3.8) is 0 Å². The van der Waals surface area contributed by atoms with E-state index in [0.29, 0.717) is 0 Å². The normalized spacial score (nSPS) is 12.0. The van der Waals surface area contributed by atoms with Crippen LogP contribution >= 0.6 is 11.1 Å². The molecule has 6 heteroatoms. The highest BCUT2D eigenvalue weighted by atomic mass is 35.6. The van der Waals surface area contributed by atoms with Crippen molar-refractivity contribution in [3.8, 4) is 0 Å². The average Bonchev–Trinajstić information content (AvgIpc) is 2.09. The van der Waals surface area contributed by atoms with Gasteiger partial charge in [0.1, 0.15) is 0 Å². The molecule has 0 bridgehead atoms. The molecule has 1 rings (SSSR count). The number of hydrogen-bond donors (Lipinski definition) is 0. The molecule has 0 aromatic heterocycles. The van der Waals surface area contributed by atoms with Crippen molar-refractivity contribution >= 4 is 23.6 Å². The van der Waals surface area contributed by atoms with E-state index in [1.165, 1.54) is 13.1 Å². The second kappa shape index (κ2) is 3.79. The summed E-state index contributed by atoms with van der Waals surface area (Å²) in [6, 6.07) is 0. The van der Waals surface area contributed by atoms with Crippen LogP contribution in [0.5, 0.6) is 0 Å². The Balaban J connectivity index is 3.68. The van der Waals surface area contributed by atoms with E-state index in [9.17, 15) is 17.6 Å². The lowest BCUT2D eigenvalue weighted by molar-refractivity contribution is 0.453. The smallest absolute Gasteiger partial charge is 0.188 e. The molecule has 1 aromatic carbocycles. The largest absolute Gasteiger partial charge is 0.204 e. The molecule has 0 amide bonds. The van der Waals surface area contributed by atoms with Crippen LogP contribution in [0.2, 0.25) is 13.1 Å². The summed E-state index contributed by atoms with van der Waals surface area (Å²) < 4.78 is 53.0. The fourth-order valence-electron chi connectivity index (χ4n) is 1.26. The molecule has 0 spiro atoms. The fraction of sp³-hybridized carbons (Fsp3) is 0.333. The Morgan fingerprint density at radius 3 is 1.47 bits per heavy atom. The van der Waals surface area contributed by atoms with E-state index in [2.05, 4.69) is 0 Å². The molecule has 0 heterocycles. The summed E-state index contributed by atoms with van der Waals surface area (Å²) in [5.74, 6) is -5.49. The number of rotatable bonds is 1. The van der Waals surface area contributed by atoms with Crippen molar-refractivity contribution in [2.24, 2.45) is 0 Å². The van der Waals surface area contributed by atoms with Crippen molar-refractivity contribution in [2.45, 2.75) is 20.0 Å². The third-order valence-electron chi connectivity index (χ3n) is 2.08. The Morgan fingerprint density at radius 2 is 1.20 bits per heavy atom. The molecule has 0 radical (unpaired) electrons. The minimum Gasteiger partial charge on any atom is -0.204 e. The predicted octanol–water partition coefficient (Wildman–Crippen LogP) is 3.20. The van der Waals surface area contributed by atoms with Crippen LogP contribution in [0.4, 0.5) is 17.6 Å². The van der Waals surface area contributed by atoms with Crippen molar-refractivity contribution in [1.29, 1.82) is 0 Å². The van der Waals surface area contributed by atoms with Gasteiger partial charge in [-0.1, -0.05) is 13.1 Å². The second-order valence-corrected chi connectivity index (χ2v) is 10.0. The van der Waals surface area contributed by atoms with Crippen molar-refractivity contribution in [2.75, 3.05) is 0 Å². The molecule has 0 unspecified atom stereocenters. The molecule has 0 N–H and O–H groups in total. The topological polar surface area (TPSA) is 0 Å². The van der Waals surface area contributed by atoms with Crippen LogP contribution in [0, 0.1) is 30.2 Å². The summed E-state index contributed by atoms with van der Waals surface area (Å²) in [5.41, 5.74) is -0.663. The summed E-state index contributed by atoms with van der Waals surface area (Å²) in [6.07, 6.45) is 0. The van der Waals surface area contributed by atoms with E-state index < -0.39 is 41.4 Å².